The van der Waals surface area contributed by atoms with Gasteiger partial charge in [0.25, 0.3) is 0 Å². The lowest BCUT2D eigenvalue weighted by Gasteiger charge is -2.37. The van der Waals surface area contributed by atoms with Crippen molar-refractivity contribution >= 4 is 11.8 Å². The minimum Gasteiger partial charge on any atom is -0.340 e. The van der Waals surface area contributed by atoms with Crippen LogP contribution in [0.15, 0.2) is 0 Å². The number of likely N-dealkylation sites (N-methyl/N-ethyl adjacent to an activating group) is 1. The molecule has 0 aromatic rings. The Hall–Kier alpha value is -1.14. The summed E-state index contributed by atoms with van der Waals surface area (Å²) >= 11 is 0. The van der Waals surface area contributed by atoms with Crippen molar-refractivity contribution in [2.75, 3.05) is 66.0 Å². The standard InChI is InChI=1S/C13H24N4O2/c1-12(18)16-9-5-15(6-10-16)11-13(19)17-7-3-14(2)4-8-17/h3-11H2,1-2H3. The highest BCUT2D eigenvalue weighted by Gasteiger charge is 2.24. The van der Waals surface area contributed by atoms with E-state index in [2.05, 4.69) is 16.8 Å². The monoisotopic (exact) mass is 268 g/mol. The average Bonchev–Trinajstić information content (AvgIpc) is 2.40. The second-order valence-electron chi connectivity index (χ2n) is 5.47. The summed E-state index contributed by atoms with van der Waals surface area (Å²) in [6.45, 7) is 8.79. The zero-order valence-electron chi connectivity index (χ0n) is 12.0. The Kier molecular flexibility index (Phi) is 4.76. The van der Waals surface area contributed by atoms with Crippen LogP contribution in [-0.4, -0.2) is 97.4 Å². The van der Waals surface area contributed by atoms with E-state index in [4.69, 9.17) is 0 Å². The molecule has 0 spiro atoms. The van der Waals surface area contributed by atoms with Gasteiger partial charge in [0.1, 0.15) is 0 Å². The normalized spacial score (nSPS) is 22.6. The van der Waals surface area contributed by atoms with Gasteiger partial charge in [0, 0.05) is 59.3 Å². The Balaban J connectivity index is 1.73. The van der Waals surface area contributed by atoms with Crippen molar-refractivity contribution in [3.8, 4) is 0 Å². The summed E-state index contributed by atoms with van der Waals surface area (Å²) < 4.78 is 0. The lowest BCUT2D eigenvalue weighted by atomic mass is 10.3. The predicted octanol–water partition coefficient (Wildman–Crippen LogP) is -1.08. The molecule has 2 aliphatic rings. The Labute approximate surface area is 114 Å². The molecule has 0 unspecified atom stereocenters. The van der Waals surface area contributed by atoms with Crippen LogP contribution in [0, 0.1) is 0 Å². The molecule has 0 saturated carbocycles. The lowest BCUT2D eigenvalue weighted by molar-refractivity contribution is -0.135. The fourth-order valence-electron chi connectivity index (χ4n) is 2.57. The largest absolute Gasteiger partial charge is 0.340 e. The van der Waals surface area contributed by atoms with E-state index in [1.807, 2.05) is 9.80 Å². The van der Waals surface area contributed by atoms with Crippen molar-refractivity contribution in [1.82, 2.24) is 19.6 Å². The molecule has 2 saturated heterocycles. The predicted molar refractivity (Wildman–Crippen MR) is 72.8 cm³/mol. The minimum absolute atomic E-state index is 0.130. The third-order valence-corrected chi connectivity index (χ3v) is 4.03. The Morgan fingerprint density at radius 2 is 1.37 bits per heavy atom. The quantitative estimate of drug-likeness (QED) is 0.639. The van der Waals surface area contributed by atoms with E-state index >= 15 is 0 Å². The van der Waals surface area contributed by atoms with E-state index in [1.165, 1.54) is 0 Å². The van der Waals surface area contributed by atoms with Gasteiger partial charge < -0.3 is 14.7 Å². The molecule has 108 valence electrons. The second-order valence-corrected chi connectivity index (χ2v) is 5.47. The van der Waals surface area contributed by atoms with Crippen LogP contribution in [0.25, 0.3) is 0 Å². The molecule has 2 fully saturated rings. The number of rotatable bonds is 2. The highest BCUT2D eigenvalue weighted by atomic mass is 16.2. The zero-order chi connectivity index (χ0) is 13.8. The van der Waals surface area contributed by atoms with E-state index in [0.717, 1.165) is 52.4 Å². The first-order valence-electron chi connectivity index (χ1n) is 7.00. The first-order chi connectivity index (χ1) is 9.06. The maximum Gasteiger partial charge on any atom is 0.236 e. The molecule has 2 aliphatic heterocycles. The molecule has 2 heterocycles. The number of hydrogen-bond acceptors (Lipinski definition) is 4. The van der Waals surface area contributed by atoms with Crippen LogP contribution in [-0.2, 0) is 9.59 Å². The number of carbonyl (C=O) groups excluding carboxylic acids is 2. The maximum absolute atomic E-state index is 12.2. The van der Waals surface area contributed by atoms with Gasteiger partial charge in [-0.15, -0.1) is 0 Å². The fraction of sp³-hybridized carbons (Fsp3) is 0.846. The van der Waals surface area contributed by atoms with E-state index in [0.29, 0.717) is 6.54 Å². The second kappa shape index (κ2) is 6.34. The summed E-state index contributed by atoms with van der Waals surface area (Å²) in [7, 11) is 2.09. The summed E-state index contributed by atoms with van der Waals surface area (Å²) in [5.74, 6) is 0.356. The van der Waals surface area contributed by atoms with Crippen LogP contribution in [0.5, 0.6) is 0 Å². The Bertz CT molecular complexity index is 332. The topological polar surface area (TPSA) is 47.1 Å². The van der Waals surface area contributed by atoms with Crippen LogP contribution < -0.4 is 0 Å². The van der Waals surface area contributed by atoms with Gasteiger partial charge in [-0.25, -0.2) is 0 Å². The summed E-state index contributed by atoms with van der Waals surface area (Å²) in [4.78, 5) is 31.6. The SMILES string of the molecule is CC(=O)N1CCN(CC(=O)N2CCN(C)CC2)CC1. The van der Waals surface area contributed by atoms with Crippen molar-refractivity contribution in [1.29, 1.82) is 0 Å². The van der Waals surface area contributed by atoms with E-state index < -0.39 is 0 Å². The molecule has 0 aromatic carbocycles. The van der Waals surface area contributed by atoms with Crippen LogP contribution in [0.2, 0.25) is 0 Å². The molecular formula is C13H24N4O2. The summed E-state index contributed by atoms with van der Waals surface area (Å²) in [5.41, 5.74) is 0. The van der Waals surface area contributed by atoms with E-state index in [1.54, 1.807) is 6.92 Å². The van der Waals surface area contributed by atoms with Crippen LogP contribution in [0.3, 0.4) is 0 Å². The summed E-state index contributed by atoms with van der Waals surface area (Å²) in [6, 6.07) is 0. The number of carbonyl (C=O) groups is 2. The highest BCUT2D eigenvalue weighted by Crippen LogP contribution is 2.05. The molecule has 0 aromatic heterocycles. The van der Waals surface area contributed by atoms with Gasteiger partial charge in [-0.05, 0) is 7.05 Å². The molecule has 2 rings (SSSR count). The van der Waals surface area contributed by atoms with E-state index in [9.17, 15) is 9.59 Å². The van der Waals surface area contributed by atoms with Crippen molar-refractivity contribution in [3.63, 3.8) is 0 Å². The van der Waals surface area contributed by atoms with Gasteiger partial charge in [-0.1, -0.05) is 0 Å². The van der Waals surface area contributed by atoms with Gasteiger partial charge in [-0.3, -0.25) is 14.5 Å². The van der Waals surface area contributed by atoms with Gasteiger partial charge in [0.05, 0.1) is 6.54 Å². The number of piperazine rings is 2. The van der Waals surface area contributed by atoms with Gasteiger partial charge >= 0.3 is 0 Å². The molecule has 6 nitrogen and oxygen atoms in total. The first-order valence-corrected chi connectivity index (χ1v) is 7.00. The third-order valence-electron chi connectivity index (χ3n) is 4.03. The summed E-state index contributed by atoms with van der Waals surface area (Å²) in [5, 5.41) is 0. The molecule has 6 heteroatoms. The molecule has 0 aliphatic carbocycles. The van der Waals surface area contributed by atoms with Gasteiger partial charge in [-0.2, -0.15) is 0 Å². The molecular weight excluding hydrogens is 244 g/mol. The van der Waals surface area contributed by atoms with Crippen molar-refractivity contribution in [2.24, 2.45) is 0 Å². The van der Waals surface area contributed by atoms with Crippen LogP contribution >= 0.6 is 0 Å². The lowest BCUT2D eigenvalue weighted by Crippen LogP contribution is -2.53. The Morgan fingerprint density at radius 3 is 1.89 bits per heavy atom. The smallest absolute Gasteiger partial charge is 0.236 e. The maximum atomic E-state index is 12.2. The molecule has 0 bridgehead atoms. The summed E-state index contributed by atoms with van der Waals surface area (Å²) in [6.07, 6.45) is 0. The zero-order valence-corrected chi connectivity index (χ0v) is 12.0. The first kappa shape index (κ1) is 14.3. The highest BCUT2D eigenvalue weighted by molar-refractivity contribution is 5.78. The van der Waals surface area contributed by atoms with Gasteiger partial charge in [0.2, 0.25) is 11.8 Å². The van der Waals surface area contributed by atoms with E-state index in [-0.39, 0.29) is 11.8 Å². The van der Waals surface area contributed by atoms with Crippen LogP contribution in [0.1, 0.15) is 6.92 Å². The van der Waals surface area contributed by atoms with Crippen molar-refractivity contribution in [3.05, 3.63) is 0 Å². The molecule has 0 atom stereocenters. The van der Waals surface area contributed by atoms with Crippen LogP contribution in [0.4, 0.5) is 0 Å². The fourth-order valence-corrected chi connectivity index (χ4v) is 2.57. The third kappa shape index (κ3) is 3.91. The number of nitrogens with zero attached hydrogens (tertiary/aromatic N) is 4. The van der Waals surface area contributed by atoms with Crippen molar-refractivity contribution < 1.29 is 9.59 Å². The minimum atomic E-state index is 0.130. The molecule has 0 N–H and O–H groups in total. The number of hydrogen-bond donors (Lipinski definition) is 0. The average molecular weight is 268 g/mol. The van der Waals surface area contributed by atoms with Gasteiger partial charge in [0.15, 0.2) is 0 Å². The Morgan fingerprint density at radius 1 is 0.842 bits per heavy atom. The molecule has 0 radical (unpaired) electrons. The van der Waals surface area contributed by atoms with Crippen molar-refractivity contribution in [2.45, 2.75) is 6.92 Å². The molecule has 2 amide bonds. The number of amides is 2. The molecule has 19 heavy (non-hydrogen) atoms.